The third-order valence-corrected chi connectivity index (χ3v) is 3.36. The van der Waals surface area contributed by atoms with Crippen LogP contribution in [0.2, 0.25) is 5.02 Å². The molecule has 2 rings (SSSR count). The van der Waals surface area contributed by atoms with Crippen molar-refractivity contribution in [2.45, 2.75) is 6.92 Å². The molecule has 0 unspecified atom stereocenters. The van der Waals surface area contributed by atoms with Crippen LogP contribution in [0.5, 0.6) is 0 Å². The molecule has 0 spiro atoms. The first-order valence-corrected chi connectivity index (χ1v) is 7.58. The van der Waals surface area contributed by atoms with E-state index in [1.807, 2.05) is 0 Å². The number of halogens is 2. The number of carbonyl (C=O) groups excluding carboxylic acids is 2. The Bertz CT molecular complexity index is 772. The van der Waals surface area contributed by atoms with Gasteiger partial charge in [-0.15, -0.1) is 0 Å². The lowest BCUT2D eigenvalue weighted by Crippen LogP contribution is -2.12. The second-order valence-corrected chi connectivity index (χ2v) is 5.19. The van der Waals surface area contributed by atoms with Crippen LogP contribution >= 0.6 is 11.6 Å². The van der Waals surface area contributed by atoms with Gasteiger partial charge in [-0.05, 0) is 48.9 Å². The Morgan fingerprint density at radius 1 is 1.21 bits per heavy atom. The third kappa shape index (κ3) is 4.93. The summed E-state index contributed by atoms with van der Waals surface area (Å²) in [7, 11) is 0. The number of amides is 1. The molecular formula is C18H15ClFNO3. The zero-order valence-electron chi connectivity index (χ0n) is 12.9. The minimum Gasteiger partial charge on any atom is -0.463 e. The summed E-state index contributed by atoms with van der Waals surface area (Å²) in [4.78, 5) is 23.4. The van der Waals surface area contributed by atoms with Crippen molar-refractivity contribution in [2.75, 3.05) is 11.9 Å². The first kappa shape index (κ1) is 17.7. The van der Waals surface area contributed by atoms with Gasteiger partial charge >= 0.3 is 5.97 Å². The lowest BCUT2D eigenvalue weighted by molar-refractivity contribution is -0.137. The predicted octanol–water partition coefficient (Wildman–Crippen LogP) is 4.31. The van der Waals surface area contributed by atoms with E-state index < -0.39 is 17.7 Å². The van der Waals surface area contributed by atoms with Gasteiger partial charge in [0, 0.05) is 11.8 Å². The summed E-state index contributed by atoms with van der Waals surface area (Å²) in [6.07, 6.45) is 2.94. The molecular weight excluding hydrogens is 333 g/mol. The Balaban J connectivity index is 2.03. The highest BCUT2D eigenvalue weighted by atomic mass is 35.5. The maximum Gasteiger partial charge on any atom is 0.330 e. The van der Waals surface area contributed by atoms with E-state index >= 15 is 0 Å². The Labute approximate surface area is 143 Å². The van der Waals surface area contributed by atoms with Gasteiger partial charge in [-0.3, -0.25) is 4.79 Å². The lowest BCUT2D eigenvalue weighted by Gasteiger charge is -2.07. The lowest BCUT2D eigenvalue weighted by atomic mass is 10.1. The molecule has 2 aromatic rings. The molecule has 0 aliphatic carbocycles. The maximum atomic E-state index is 13.0. The average molecular weight is 348 g/mol. The van der Waals surface area contributed by atoms with Gasteiger partial charge in [0.1, 0.15) is 5.82 Å². The molecule has 1 amide bonds. The van der Waals surface area contributed by atoms with E-state index in [1.165, 1.54) is 18.2 Å². The number of rotatable bonds is 5. The normalized spacial score (nSPS) is 10.6. The van der Waals surface area contributed by atoms with Crippen molar-refractivity contribution in [3.63, 3.8) is 0 Å². The summed E-state index contributed by atoms with van der Waals surface area (Å²) in [6, 6.07) is 10.4. The molecule has 0 aromatic heterocycles. The summed E-state index contributed by atoms with van der Waals surface area (Å²) in [6.45, 7) is 2.05. The van der Waals surface area contributed by atoms with Crippen molar-refractivity contribution in [3.05, 3.63) is 70.5 Å². The fourth-order valence-electron chi connectivity index (χ4n) is 1.90. The van der Waals surface area contributed by atoms with Crippen LogP contribution in [0.4, 0.5) is 10.1 Å². The molecule has 0 aliphatic rings. The molecule has 1 N–H and O–H groups in total. The first-order valence-electron chi connectivity index (χ1n) is 7.21. The van der Waals surface area contributed by atoms with Crippen LogP contribution in [-0.4, -0.2) is 18.5 Å². The number of carbonyl (C=O) groups is 2. The number of hydrogen-bond donors (Lipinski definition) is 1. The fraction of sp³-hybridized carbons (Fsp3) is 0.111. The highest BCUT2D eigenvalue weighted by Gasteiger charge is 2.11. The van der Waals surface area contributed by atoms with Crippen LogP contribution in [0, 0.1) is 5.82 Å². The van der Waals surface area contributed by atoms with Crippen molar-refractivity contribution < 1.29 is 18.7 Å². The number of esters is 1. The van der Waals surface area contributed by atoms with Crippen molar-refractivity contribution in [3.8, 4) is 0 Å². The Morgan fingerprint density at radius 2 is 1.92 bits per heavy atom. The molecule has 0 saturated heterocycles. The van der Waals surface area contributed by atoms with Crippen LogP contribution in [0.15, 0.2) is 48.5 Å². The Hall–Kier alpha value is -2.66. The number of ether oxygens (including phenoxy) is 1. The zero-order valence-corrected chi connectivity index (χ0v) is 13.6. The van der Waals surface area contributed by atoms with Gasteiger partial charge in [-0.25, -0.2) is 9.18 Å². The quantitative estimate of drug-likeness (QED) is 0.647. The van der Waals surface area contributed by atoms with E-state index in [0.29, 0.717) is 12.3 Å². The molecule has 2 aromatic carbocycles. The molecule has 0 saturated carbocycles. The SMILES string of the molecule is CCOC(=O)/C=C/c1ccc(NC(=O)c2ccc(F)cc2Cl)cc1. The molecule has 0 heterocycles. The summed E-state index contributed by atoms with van der Waals surface area (Å²) in [5, 5.41) is 2.71. The maximum absolute atomic E-state index is 13.0. The van der Waals surface area contributed by atoms with E-state index in [4.69, 9.17) is 16.3 Å². The van der Waals surface area contributed by atoms with Gasteiger partial charge in [0.25, 0.3) is 5.91 Å². The molecule has 6 heteroatoms. The third-order valence-electron chi connectivity index (χ3n) is 3.04. The van der Waals surface area contributed by atoms with Gasteiger partial charge < -0.3 is 10.1 Å². The topological polar surface area (TPSA) is 55.4 Å². The summed E-state index contributed by atoms with van der Waals surface area (Å²) in [5.41, 5.74) is 1.51. The van der Waals surface area contributed by atoms with Gasteiger partial charge in [-0.1, -0.05) is 23.7 Å². The van der Waals surface area contributed by atoms with Crippen molar-refractivity contribution in [2.24, 2.45) is 0 Å². The summed E-state index contributed by atoms with van der Waals surface area (Å²) in [5.74, 6) is -1.36. The monoisotopic (exact) mass is 347 g/mol. The largest absolute Gasteiger partial charge is 0.463 e. The molecule has 0 fully saturated rings. The number of anilines is 1. The van der Waals surface area contributed by atoms with Crippen LogP contribution < -0.4 is 5.32 Å². The van der Waals surface area contributed by atoms with E-state index in [2.05, 4.69) is 5.32 Å². The second-order valence-electron chi connectivity index (χ2n) is 4.79. The number of benzene rings is 2. The summed E-state index contributed by atoms with van der Waals surface area (Å²) >= 11 is 5.86. The second kappa shape index (κ2) is 8.26. The molecule has 0 bridgehead atoms. The molecule has 4 nitrogen and oxygen atoms in total. The van der Waals surface area contributed by atoms with Crippen LogP contribution in [0.25, 0.3) is 6.08 Å². The molecule has 0 radical (unpaired) electrons. The fourth-order valence-corrected chi connectivity index (χ4v) is 2.16. The van der Waals surface area contributed by atoms with Gasteiger partial charge in [0.15, 0.2) is 0 Å². The first-order chi connectivity index (χ1) is 11.5. The highest BCUT2D eigenvalue weighted by molar-refractivity contribution is 6.34. The molecule has 24 heavy (non-hydrogen) atoms. The van der Waals surface area contributed by atoms with E-state index in [-0.39, 0.29) is 10.6 Å². The number of nitrogens with one attached hydrogen (secondary N) is 1. The standard InChI is InChI=1S/C18H15ClFNO3/c1-2-24-17(22)10-5-12-3-7-14(8-4-12)21-18(23)15-9-6-13(20)11-16(15)19/h3-11H,2H2,1H3,(H,21,23)/b10-5+. The smallest absolute Gasteiger partial charge is 0.330 e. The van der Waals surface area contributed by atoms with Crippen molar-refractivity contribution in [1.29, 1.82) is 0 Å². The zero-order chi connectivity index (χ0) is 17.5. The van der Waals surface area contributed by atoms with Crippen molar-refractivity contribution in [1.82, 2.24) is 0 Å². The minimum absolute atomic E-state index is 0.0430. The molecule has 0 atom stereocenters. The minimum atomic E-state index is -0.505. The van der Waals surface area contributed by atoms with E-state index in [0.717, 1.165) is 11.6 Å². The highest BCUT2D eigenvalue weighted by Crippen LogP contribution is 2.19. The van der Waals surface area contributed by atoms with Gasteiger partial charge in [0.05, 0.1) is 17.2 Å². The molecule has 124 valence electrons. The predicted molar refractivity (Wildman–Crippen MR) is 91.5 cm³/mol. The number of hydrogen-bond acceptors (Lipinski definition) is 3. The molecule has 0 aliphatic heterocycles. The Kier molecular flexibility index (Phi) is 6.09. The van der Waals surface area contributed by atoms with Crippen molar-refractivity contribution >= 4 is 35.2 Å². The van der Waals surface area contributed by atoms with E-state index in [1.54, 1.807) is 37.3 Å². The van der Waals surface area contributed by atoms with Crippen LogP contribution in [-0.2, 0) is 9.53 Å². The van der Waals surface area contributed by atoms with Gasteiger partial charge in [0.2, 0.25) is 0 Å². The summed E-state index contributed by atoms with van der Waals surface area (Å²) < 4.78 is 17.8. The Morgan fingerprint density at radius 3 is 2.54 bits per heavy atom. The van der Waals surface area contributed by atoms with Crippen LogP contribution in [0.3, 0.4) is 0 Å². The van der Waals surface area contributed by atoms with E-state index in [9.17, 15) is 14.0 Å². The average Bonchev–Trinajstić information content (AvgIpc) is 2.54. The van der Waals surface area contributed by atoms with Crippen LogP contribution in [0.1, 0.15) is 22.8 Å². The van der Waals surface area contributed by atoms with Gasteiger partial charge in [-0.2, -0.15) is 0 Å².